The maximum atomic E-state index is 11.9. The van der Waals surface area contributed by atoms with E-state index in [0.717, 1.165) is 5.56 Å². The van der Waals surface area contributed by atoms with Gasteiger partial charge >= 0.3 is 0 Å². The van der Waals surface area contributed by atoms with Crippen LogP contribution in [-0.4, -0.2) is 20.9 Å². The van der Waals surface area contributed by atoms with Crippen LogP contribution in [0.5, 0.6) is 0 Å². The molecule has 0 unspecified atom stereocenters. The minimum absolute atomic E-state index is 0.206. The molecule has 7 heteroatoms. The van der Waals surface area contributed by atoms with Gasteiger partial charge in [0.2, 0.25) is 0 Å². The van der Waals surface area contributed by atoms with Gasteiger partial charge in [-0.1, -0.05) is 23.4 Å². The lowest BCUT2D eigenvalue weighted by Gasteiger charge is -2.19. The second-order valence-electron chi connectivity index (χ2n) is 3.60. The van der Waals surface area contributed by atoms with Gasteiger partial charge < -0.3 is 0 Å². The van der Waals surface area contributed by atoms with Gasteiger partial charge in [0, 0.05) is 7.05 Å². The molecule has 18 heavy (non-hydrogen) atoms. The van der Waals surface area contributed by atoms with Crippen LogP contribution in [0.1, 0.15) is 5.56 Å². The lowest BCUT2D eigenvalue weighted by atomic mass is 10.3. The largest absolute Gasteiger partial charge is 0.288 e. The summed E-state index contributed by atoms with van der Waals surface area (Å²) in [6.07, 6.45) is 2.80. The van der Waals surface area contributed by atoms with Crippen LogP contribution >= 0.6 is 22.9 Å². The Bertz CT molecular complexity index is 577. The van der Waals surface area contributed by atoms with Gasteiger partial charge in [-0.2, -0.15) is 0 Å². The first-order valence-electron chi connectivity index (χ1n) is 5.13. The molecule has 0 atom stereocenters. The highest BCUT2D eigenvalue weighted by molar-refractivity contribution is 7.14. The minimum atomic E-state index is -0.206. The van der Waals surface area contributed by atoms with Gasteiger partial charge in [-0.25, -0.2) is 4.68 Å². The lowest BCUT2D eigenvalue weighted by Crippen LogP contribution is -2.30. The SMILES string of the molecule is C=CC(=O)N(Cc1csc(Cl)c1)c1cnnn1C. The van der Waals surface area contributed by atoms with E-state index in [1.807, 2.05) is 11.4 Å². The summed E-state index contributed by atoms with van der Waals surface area (Å²) < 4.78 is 2.23. The number of hydrogen-bond donors (Lipinski definition) is 0. The number of amides is 1. The molecule has 5 nitrogen and oxygen atoms in total. The Hall–Kier alpha value is -1.66. The Morgan fingerprint density at radius 2 is 2.50 bits per heavy atom. The van der Waals surface area contributed by atoms with Crippen molar-refractivity contribution in [1.82, 2.24) is 15.0 Å². The van der Waals surface area contributed by atoms with E-state index in [1.54, 1.807) is 11.9 Å². The van der Waals surface area contributed by atoms with E-state index in [1.165, 1.54) is 28.3 Å². The Morgan fingerprint density at radius 1 is 1.72 bits per heavy atom. The van der Waals surface area contributed by atoms with Gasteiger partial charge in [0.05, 0.1) is 17.1 Å². The molecule has 2 rings (SSSR count). The summed E-state index contributed by atoms with van der Waals surface area (Å²) in [5, 5.41) is 9.50. The number of thiophene rings is 1. The molecule has 0 aliphatic heterocycles. The van der Waals surface area contributed by atoms with Gasteiger partial charge in [-0.15, -0.1) is 16.4 Å². The molecule has 0 radical (unpaired) electrons. The molecule has 94 valence electrons. The van der Waals surface area contributed by atoms with E-state index < -0.39 is 0 Å². The molecule has 0 aliphatic rings. The van der Waals surface area contributed by atoms with Gasteiger partial charge in [0.1, 0.15) is 0 Å². The number of aromatic nitrogens is 3. The third-order valence-electron chi connectivity index (χ3n) is 2.37. The maximum Gasteiger partial charge on any atom is 0.251 e. The Balaban J connectivity index is 2.29. The molecule has 0 bridgehead atoms. The van der Waals surface area contributed by atoms with Gasteiger partial charge in [-0.05, 0) is 23.1 Å². The molecular formula is C11H11ClN4OS. The molecule has 0 saturated carbocycles. The summed E-state index contributed by atoms with van der Waals surface area (Å²) in [5.74, 6) is 0.407. The van der Waals surface area contributed by atoms with E-state index in [0.29, 0.717) is 16.7 Å². The van der Waals surface area contributed by atoms with Crippen molar-refractivity contribution in [2.24, 2.45) is 7.05 Å². The van der Waals surface area contributed by atoms with Crippen LogP contribution in [0.15, 0.2) is 30.3 Å². The molecule has 0 N–H and O–H groups in total. The van der Waals surface area contributed by atoms with Gasteiger partial charge in [-0.3, -0.25) is 9.69 Å². The topological polar surface area (TPSA) is 51.0 Å². The van der Waals surface area contributed by atoms with E-state index >= 15 is 0 Å². The van der Waals surface area contributed by atoms with Crippen molar-refractivity contribution in [1.29, 1.82) is 0 Å². The summed E-state index contributed by atoms with van der Waals surface area (Å²) in [5.41, 5.74) is 0.960. The summed E-state index contributed by atoms with van der Waals surface area (Å²) in [6, 6.07) is 1.83. The molecule has 2 aromatic rings. The number of nitrogens with zero attached hydrogens (tertiary/aromatic N) is 4. The summed E-state index contributed by atoms with van der Waals surface area (Å²) in [7, 11) is 1.73. The second kappa shape index (κ2) is 5.32. The molecular weight excluding hydrogens is 272 g/mol. The summed E-state index contributed by atoms with van der Waals surface area (Å²) in [4.78, 5) is 13.4. The molecule has 0 spiro atoms. The van der Waals surface area contributed by atoms with Crippen molar-refractivity contribution in [3.8, 4) is 0 Å². The monoisotopic (exact) mass is 282 g/mol. The first-order valence-corrected chi connectivity index (χ1v) is 6.39. The van der Waals surface area contributed by atoms with Crippen molar-refractivity contribution in [3.05, 3.63) is 40.2 Å². The first-order chi connectivity index (χ1) is 8.61. The van der Waals surface area contributed by atoms with Crippen molar-refractivity contribution in [2.45, 2.75) is 6.54 Å². The fourth-order valence-electron chi connectivity index (χ4n) is 1.52. The van der Waals surface area contributed by atoms with Crippen molar-refractivity contribution < 1.29 is 4.79 Å². The predicted octanol–water partition coefficient (Wildman–Crippen LogP) is 2.25. The number of halogens is 1. The third-order valence-corrected chi connectivity index (χ3v) is 3.51. The second-order valence-corrected chi connectivity index (χ2v) is 5.15. The predicted molar refractivity (Wildman–Crippen MR) is 71.7 cm³/mol. The molecule has 0 fully saturated rings. The third kappa shape index (κ3) is 2.60. The summed E-state index contributed by atoms with van der Waals surface area (Å²) >= 11 is 7.31. The van der Waals surface area contributed by atoms with Gasteiger partial charge in [0.25, 0.3) is 5.91 Å². The standard InChI is InChI=1S/C11H11ClN4OS/c1-3-11(17)16(10-5-13-14-15(10)2)6-8-4-9(12)18-7-8/h3-5,7H,1,6H2,2H3. The Morgan fingerprint density at radius 3 is 3.00 bits per heavy atom. The highest BCUT2D eigenvalue weighted by atomic mass is 35.5. The molecule has 0 aromatic carbocycles. The number of hydrogen-bond acceptors (Lipinski definition) is 4. The maximum absolute atomic E-state index is 11.9. The lowest BCUT2D eigenvalue weighted by molar-refractivity contribution is -0.114. The smallest absolute Gasteiger partial charge is 0.251 e. The van der Waals surface area contributed by atoms with E-state index in [-0.39, 0.29) is 5.91 Å². The van der Waals surface area contributed by atoms with Crippen molar-refractivity contribution >= 4 is 34.7 Å². The molecule has 0 aliphatic carbocycles. The van der Waals surface area contributed by atoms with Crippen LogP contribution in [0.4, 0.5) is 5.82 Å². The van der Waals surface area contributed by atoms with E-state index in [4.69, 9.17) is 11.6 Å². The minimum Gasteiger partial charge on any atom is -0.288 e. The highest BCUT2D eigenvalue weighted by Crippen LogP contribution is 2.23. The van der Waals surface area contributed by atoms with Gasteiger partial charge in [0.15, 0.2) is 5.82 Å². The van der Waals surface area contributed by atoms with Crippen LogP contribution in [0.2, 0.25) is 4.34 Å². The van der Waals surface area contributed by atoms with Crippen LogP contribution in [0.3, 0.4) is 0 Å². The number of anilines is 1. The van der Waals surface area contributed by atoms with E-state index in [2.05, 4.69) is 16.9 Å². The van der Waals surface area contributed by atoms with Crippen LogP contribution in [-0.2, 0) is 18.4 Å². The molecule has 2 aromatic heterocycles. The number of carbonyl (C=O) groups is 1. The van der Waals surface area contributed by atoms with Crippen LogP contribution in [0.25, 0.3) is 0 Å². The average Bonchev–Trinajstić information content (AvgIpc) is 2.94. The van der Waals surface area contributed by atoms with Crippen molar-refractivity contribution in [2.75, 3.05) is 4.90 Å². The molecule has 2 heterocycles. The number of rotatable bonds is 4. The molecule has 0 saturated heterocycles. The zero-order valence-corrected chi connectivity index (χ0v) is 11.3. The quantitative estimate of drug-likeness (QED) is 0.808. The van der Waals surface area contributed by atoms with Crippen LogP contribution in [0, 0.1) is 0 Å². The number of carbonyl (C=O) groups excluding carboxylic acids is 1. The van der Waals surface area contributed by atoms with Crippen LogP contribution < -0.4 is 4.90 Å². The van der Waals surface area contributed by atoms with Crippen molar-refractivity contribution in [3.63, 3.8) is 0 Å². The molecule has 1 amide bonds. The average molecular weight is 283 g/mol. The number of aryl methyl sites for hydroxylation is 1. The zero-order chi connectivity index (χ0) is 13.1. The first kappa shape index (κ1) is 12.8. The normalized spacial score (nSPS) is 10.3. The fraction of sp³-hybridized carbons (Fsp3) is 0.182. The zero-order valence-electron chi connectivity index (χ0n) is 9.71. The highest BCUT2D eigenvalue weighted by Gasteiger charge is 2.17. The van der Waals surface area contributed by atoms with E-state index in [9.17, 15) is 4.79 Å². The Kier molecular flexibility index (Phi) is 3.78. The summed E-state index contributed by atoms with van der Waals surface area (Å²) in [6.45, 7) is 3.92. The fourth-order valence-corrected chi connectivity index (χ4v) is 2.42. The Labute approximate surface area is 113 Å².